The molecule has 2 aliphatic rings. The van der Waals surface area contributed by atoms with Crippen molar-refractivity contribution in [2.45, 2.75) is 56.5 Å². The summed E-state index contributed by atoms with van der Waals surface area (Å²) >= 11 is 0. The fraction of sp³-hybridized carbons (Fsp3) is 0.476. The molecule has 0 saturated carbocycles. The van der Waals surface area contributed by atoms with E-state index in [-0.39, 0.29) is 11.8 Å². The molecule has 4 heterocycles. The van der Waals surface area contributed by atoms with E-state index in [2.05, 4.69) is 44.2 Å². The highest BCUT2D eigenvalue weighted by atomic mass is 19.4. The molecule has 158 valence electrons. The van der Waals surface area contributed by atoms with Crippen LogP contribution < -0.4 is 4.90 Å². The van der Waals surface area contributed by atoms with Gasteiger partial charge in [0, 0.05) is 37.8 Å². The predicted octanol–water partition coefficient (Wildman–Crippen LogP) is 3.77. The number of fused-ring (bicyclic) bond motifs is 3. The zero-order valence-electron chi connectivity index (χ0n) is 16.6. The van der Waals surface area contributed by atoms with E-state index in [9.17, 15) is 13.2 Å². The summed E-state index contributed by atoms with van der Waals surface area (Å²) in [5.41, 5.74) is 0.365. The van der Waals surface area contributed by atoms with Crippen molar-refractivity contribution in [2.75, 3.05) is 11.9 Å². The number of hydrogen-bond donors (Lipinski definition) is 0. The molecule has 2 bridgehead atoms. The molecule has 30 heavy (non-hydrogen) atoms. The Labute approximate surface area is 172 Å². The summed E-state index contributed by atoms with van der Waals surface area (Å²) in [6.07, 6.45) is 0.808. The number of benzene rings is 1. The van der Waals surface area contributed by atoms with Crippen LogP contribution in [0.2, 0.25) is 0 Å². The van der Waals surface area contributed by atoms with Crippen LogP contribution in [0.1, 0.15) is 36.9 Å². The van der Waals surface area contributed by atoms with Crippen LogP contribution in [0.3, 0.4) is 0 Å². The van der Waals surface area contributed by atoms with Crippen molar-refractivity contribution >= 4 is 11.6 Å². The maximum Gasteiger partial charge on any atom is 0.433 e. The molecule has 5 rings (SSSR count). The second kappa shape index (κ2) is 7.23. The van der Waals surface area contributed by atoms with E-state index in [1.807, 2.05) is 18.0 Å². The Bertz CT molecular complexity index is 1020. The van der Waals surface area contributed by atoms with Gasteiger partial charge in [-0.3, -0.25) is 4.90 Å². The molecule has 2 aromatic heterocycles. The van der Waals surface area contributed by atoms with Gasteiger partial charge in [-0.2, -0.15) is 27.8 Å². The summed E-state index contributed by atoms with van der Waals surface area (Å²) in [5.74, 6) is 0.349. The Balaban J connectivity index is 1.40. The topological polar surface area (TPSA) is 49.6 Å². The van der Waals surface area contributed by atoms with Crippen molar-refractivity contribution in [1.82, 2.24) is 24.5 Å². The minimum absolute atomic E-state index is 0.0313. The van der Waals surface area contributed by atoms with E-state index in [4.69, 9.17) is 0 Å². The molecule has 2 fully saturated rings. The van der Waals surface area contributed by atoms with Gasteiger partial charge >= 0.3 is 6.18 Å². The van der Waals surface area contributed by atoms with E-state index < -0.39 is 11.9 Å². The first kappa shape index (κ1) is 19.3. The average Bonchev–Trinajstić information content (AvgIpc) is 3.28. The molecule has 2 saturated heterocycles. The summed E-state index contributed by atoms with van der Waals surface area (Å²) in [5, 5.41) is 4.11. The highest BCUT2D eigenvalue weighted by molar-refractivity contribution is 5.48. The number of aromatic nitrogens is 4. The van der Waals surface area contributed by atoms with Crippen LogP contribution in [0.4, 0.5) is 19.0 Å². The van der Waals surface area contributed by atoms with Gasteiger partial charge in [0.25, 0.3) is 5.78 Å². The molecule has 0 N–H and O–H groups in total. The monoisotopic (exact) mass is 416 g/mol. The first-order valence-corrected chi connectivity index (χ1v) is 10.2. The second-order valence-electron chi connectivity index (χ2n) is 8.25. The fourth-order valence-electron chi connectivity index (χ4n) is 4.99. The minimum atomic E-state index is -4.53. The Morgan fingerprint density at radius 2 is 1.80 bits per heavy atom. The number of nitrogens with zero attached hydrogens (tertiary/aromatic N) is 6. The van der Waals surface area contributed by atoms with Crippen LogP contribution >= 0.6 is 0 Å². The van der Waals surface area contributed by atoms with Crippen LogP contribution in [0.25, 0.3) is 5.78 Å². The lowest BCUT2D eigenvalue weighted by molar-refractivity contribution is -0.141. The molecule has 0 amide bonds. The maximum absolute atomic E-state index is 13.4. The van der Waals surface area contributed by atoms with E-state index in [0.29, 0.717) is 17.9 Å². The molecule has 0 radical (unpaired) electrons. The van der Waals surface area contributed by atoms with Gasteiger partial charge in [-0.15, -0.1) is 0 Å². The third kappa shape index (κ3) is 3.40. The van der Waals surface area contributed by atoms with Crippen molar-refractivity contribution in [1.29, 1.82) is 0 Å². The van der Waals surface area contributed by atoms with Gasteiger partial charge in [0.15, 0.2) is 5.69 Å². The molecule has 2 unspecified atom stereocenters. The van der Waals surface area contributed by atoms with Crippen LogP contribution in [0.5, 0.6) is 0 Å². The summed E-state index contributed by atoms with van der Waals surface area (Å²) in [6, 6.07) is 12.5. The minimum Gasteiger partial charge on any atom is -0.356 e. The number of halogens is 3. The number of alkyl halides is 3. The van der Waals surface area contributed by atoms with Crippen molar-refractivity contribution in [2.24, 2.45) is 0 Å². The van der Waals surface area contributed by atoms with Gasteiger partial charge in [-0.05, 0) is 31.2 Å². The van der Waals surface area contributed by atoms with Gasteiger partial charge in [0.2, 0.25) is 0 Å². The molecule has 6 nitrogen and oxygen atoms in total. The third-order valence-electron chi connectivity index (χ3n) is 6.50. The summed E-state index contributed by atoms with van der Waals surface area (Å²) in [4.78, 5) is 12.0. The first-order valence-electron chi connectivity index (χ1n) is 10.2. The predicted molar refractivity (Wildman–Crippen MR) is 106 cm³/mol. The number of rotatable bonds is 4. The van der Waals surface area contributed by atoms with E-state index in [1.54, 1.807) is 0 Å². The smallest absolute Gasteiger partial charge is 0.356 e. The van der Waals surface area contributed by atoms with Gasteiger partial charge < -0.3 is 4.90 Å². The zero-order valence-corrected chi connectivity index (χ0v) is 16.6. The zero-order chi connectivity index (χ0) is 20.9. The number of hydrogen-bond acceptors (Lipinski definition) is 5. The van der Waals surface area contributed by atoms with Gasteiger partial charge in [-0.1, -0.05) is 30.3 Å². The molecule has 3 aromatic rings. The quantitative estimate of drug-likeness (QED) is 0.648. The van der Waals surface area contributed by atoms with E-state index in [1.165, 1.54) is 16.4 Å². The Morgan fingerprint density at radius 1 is 1.10 bits per heavy atom. The van der Waals surface area contributed by atoms with E-state index >= 15 is 0 Å². The van der Waals surface area contributed by atoms with Gasteiger partial charge in [0.1, 0.15) is 12.1 Å². The molecular formula is C21H23F3N6. The largest absolute Gasteiger partial charge is 0.433 e. The lowest BCUT2D eigenvalue weighted by Gasteiger charge is -2.42. The van der Waals surface area contributed by atoms with Crippen LogP contribution in [-0.4, -0.2) is 49.7 Å². The Morgan fingerprint density at radius 3 is 2.47 bits per heavy atom. The van der Waals surface area contributed by atoms with Gasteiger partial charge in [0.05, 0.1) is 0 Å². The standard InChI is InChI=1S/C21H23F3N6/c1-28(19-11-18(21(22,23)24)27-20-25-13-26-30(19)20)17-9-15-7-8-16(10-17)29(15)12-14-5-3-2-4-6-14/h2-6,11,13,15-17H,7-10,12H2,1H3. The SMILES string of the molecule is CN(c1cc(C(F)(F)F)nc2ncnn12)C1CC2CCC(C1)N2Cc1ccccc1. The summed E-state index contributed by atoms with van der Waals surface area (Å²) in [6.45, 7) is 0.924. The lowest BCUT2D eigenvalue weighted by atomic mass is 9.95. The molecule has 2 atom stereocenters. The van der Waals surface area contributed by atoms with Crippen molar-refractivity contribution < 1.29 is 13.2 Å². The van der Waals surface area contributed by atoms with Crippen LogP contribution in [0, 0.1) is 0 Å². The van der Waals surface area contributed by atoms with E-state index in [0.717, 1.165) is 38.3 Å². The second-order valence-corrected chi connectivity index (χ2v) is 8.25. The molecule has 1 aromatic carbocycles. The summed E-state index contributed by atoms with van der Waals surface area (Å²) in [7, 11) is 1.85. The highest BCUT2D eigenvalue weighted by Gasteiger charge is 2.42. The Hall–Kier alpha value is -2.68. The Kier molecular flexibility index (Phi) is 4.65. The molecule has 2 aliphatic heterocycles. The normalized spacial score (nSPS) is 24.5. The van der Waals surface area contributed by atoms with Gasteiger partial charge in [-0.25, -0.2) is 4.98 Å². The summed E-state index contributed by atoms with van der Waals surface area (Å²) < 4.78 is 41.5. The van der Waals surface area contributed by atoms with Crippen LogP contribution in [0.15, 0.2) is 42.7 Å². The molecule has 9 heteroatoms. The highest BCUT2D eigenvalue weighted by Crippen LogP contribution is 2.40. The first-order chi connectivity index (χ1) is 14.4. The van der Waals surface area contributed by atoms with Crippen molar-refractivity contribution in [3.8, 4) is 0 Å². The van der Waals surface area contributed by atoms with Crippen molar-refractivity contribution in [3.05, 3.63) is 54.0 Å². The fourth-order valence-corrected chi connectivity index (χ4v) is 4.99. The average molecular weight is 416 g/mol. The third-order valence-corrected chi connectivity index (χ3v) is 6.50. The lowest BCUT2D eigenvalue weighted by Crippen LogP contribution is -2.49. The maximum atomic E-state index is 13.4. The number of piperidine rings is 1. The number of anilines is 1. The molecule has 0 spiro atoms. The molecule has 0 aliphatic carbocycles. The molecular weight excluding hydrogens is 393 g/mol. The van der Waals surface area contributed by atoms with Crippen LogP contribution in [-0.2, 0) is 12.7 Å². The van der Waals surface area contributed by atoms with Crippen molar-refractivity contribution in [3.63, 3.8) is 0 Å².